The third-order valence-electron chi connectivity index (χ3n) is 7.89. The highest BCUT2D eigenvalue weighted by Gasteiger charge is 2.24. The molecule has 0 atom stereocenters. The summed E-state index contributed by atoms with van der Waals surface area (Å²) in [5.74, 6) is 0.732. The maximum Gasteiger partial charge on any atom is 0.253 e. The predicted octanol–water partition coefficient (Wildman–Crippen LogP) is 6.65. The molecule has 3 rings (SSSR count). The van der Waals surface area contributed by atoms with Crippen LogP contribution in [0.3, 0.4) is 0 Å². The number of rotatable bonds is 19. The summed E-state index contributed by atoms with van der Waals surface area (Å²) in [5.41, 5.74) is 3.21. The van der Waals surface area contributed by atoms with Gasteiger partial charge in [-0.25, -0.2) is 0 Å². The number of nitrogens with one attached hydrogen (secondary N) is 2. The number of benzene rings is 2. The van der Waals surface area contributed by atoms with Crippen LogP contribution in [-0.2, 0) is 9.53 Å². The number of methoxy groups -OCH3 is 2. The number of piperazine rings is 1. The van der Waals surface area contributed by atoms with Crippen LogP contribution in [0.25, 0.3) is 0 Å². The minimum atomic E-state index is -0.136. The summed E-state index contributed by atoms with van der Waals surface area (Å²) in [6.07, 6.45) is 12.2. The SMILES string of the molecule is CCCCCCCCCCCC(=O)Nc1ccc(N2CCN(c3ccccc3OC)CC2)c(C(=O)NCCCOC)c1. The summed E-state index contributed by atoms with van der Waals surface area (Å²) < 4.78 is 10.7. The van der Waals surface area contributed by atoms with Gasteiger partial charge in [-0.1, -0.05) is 70.4 Å². The highest BCUT2D eigenvalue weighted by atomic mass is 16.5. The fourth-order valence-corrected chi connectivity index (χ4v) is 5.48. The van der Waals surface area contributed by atoms with Crippen molar-refractivity contribution in [2.24, 2.45) is 0 Å². The summed E-state index contributed by atoms with van der Waals surface area (Å²) in [7, 11) is 3.36. The Balaban J connectivity index is 1.58. The molecule has 0 radical (unpaired) electrons. The van der Waals surface area contributed by atoms with Gasteiger partial charge in [0.15, 0.2) is 0 Å². The summed E-state index contributed by atoms with van der Waals surface area (Å²) in [4.78, 5) is 30.6. The van der Waals surface area contributed by atoms with E-state index in [4.69, 9.17) is 9.47 Å². The molecule has 1 aliphatic heterocycles. The van der Waals surface area contributed by atoms with Crippen LogP contribution in [0.5, 0.6) is 5.75 Å². The fourth-order valence-electron chi connectivity index (χ4n) is 5.48. The zero-order chi connectivity index (χ0) is 30.0. The first-order chi connectivity index (χ1) is 20.6. The van der Waals surface area contributed by atoms with Gasteiger partial charge in [0.1, 0.15) is 5.75 Å². The molecule has 2 amide bonds. The molecule has 0 bridgehead atoms. The highest BCUT2D eigenvalue weighted by Crippen LogP contribution is 2.31. The molecular formula is C34H52N4O4. The molecule has 8 heteroatoms. The first kappa shape index (κ1) is 33.2. The third kappa shape index (κ3) is 10.9. The minimum absolute atomic E-state index is 0.00238. The highest BCUT2D eigenvalue weighted by molar-refractivity contribution is 6.02. The molecule has 42 heavy (non-hydrogen) atoms. The van der Waals surface area contributed by atoms with Crippen molar-refractivity contribution in [3.63, 3.8) is 0 Å². The van der Waals surface area contributed by atoms with Gasteiger partial charge in [-0.2, -0.15) is 0 Å². The quantitative estimate of drug-likeness (QED) is 0.181. The van der Waals surface area contributed by atoms with E-state index < -0.39 is 0 Å². The van der Waals surface area contributed by atoms with E-state index in [2.05, 4.69) is 33.4 Å². The average Bonchev–Trinajstić information content (AvgIpc) is 3.02. The Labute approximate surface area is 253 Å². The van der Waals surface area contributed by atoms with Gasteiger partial charge in [-0.15, -0.1) is 0 Å². The zero-order valence-corrected chi connectivity index (χ0v) is 26.1. The second-order valence-electron chi connectivity index (χ2n) is 11.1. The molecule has 1 saturated heterocycles. The number of carbonyl (C=O) groups excluding carboxylic acids is 2. The first-order valence-corrected chi connectivity index (χ1v) is 15.9. The number of amides is 2. The van der Waals surface area contributed by atoms with Crippen LogP contribution >= 0.6 is 0 Å². The lowest BCUT2D eigenvalue weighted by atomic mass is 10.1. The zero-order valence-electron chi connectivity index (χ0n) is 26.1. The Morgan fingerprint density at radius 3 is 2.10 bits per heavy atom. The first-order valence-electron chi connectivity index (χ1n) is 15.9. The molecule has 2 aromatic rings. The molecule has 0 aliphatic carbocycles. The normalized spacial score (nSPS) is 13.2. The van der Waals surface area contributed by atoms with Gasteiger partial charge in [0.2, 0.25) is 5.91 Å². The summed E-state index contributed by atoms with van der Waals surface area (Å²) in [5, 5.41) is 6.06. The van der Waals surface area contributed by atoms with Gasteiger partial charge in [0.25, 0.3) is 5.91 Å². The number of unbranched alkanes of at least 4 members (excludes halogenated alkanes) is 8. The molecule has 1 aliphatic rings. The summed E-state index contributed by atoms with van der Waals surface area (Å²) in [6, 6.07) is 13.8. The molecule has 0 saturated carbocycles. The fraction of sp³-hybridized carbons (Fsp3) is 0.588. The number of anilines is 3. The van der Waals surface area contributed by atoms with Crippen LogP contribution < -0.4 is 25.2 Å². The Hall–Kier alpha value is -3.26. The van der Waals surface area contributed by atoms with Crippen molar-refractivity contribution < 1.29 is 19.1 Å². The lowest BCUT2D eigenvalue weighted by Crippen LogP contribution is -2.47. The second-order valence-corrected chi connectivity index (χ2v) is 11.1. The van der Waals surface area contributed by atoms with Crippen molar-refractivity contribution in [1.29, 1.82) is 0 Å². The smallest absolute Gasteiger partial charge is 0.253 e. The maximum atomic E-state index is 13.3. The molecule has 2 aromatic carbocycles. The van der Waals surface area contributed by atoms with E-state index >= 15 is 0 Å². The number of nitrogens with zero attached hydrogens (tertiary/aromatic N) is 2. The summed E-state index contributed by atoms with van der Waals surface area (Å²) >= 11 is 0. The van der Waals surface area contributed by atoms with Gasteiger partial charge in [0, 0.05) is 64.2 Å². The third-order valence-corrected chi connectivity index (χ3v) is 7.89. The monoisotopic (exact) mass is 580 g/mol. The molecule has 0 spiro atoms. The lowest BCUT2D eigenvalue weighted by Gasteiger charge is -2.38. The Morgan fingerprint density at radius 2 is 1.43 bits per heavy atom. The van der Waals surface area contributed by atoms with E-state index in [0.717, 1.165) is 62.6 Å². The largest absolute Gasteiger partial charge is 0.495 e. The predicted molar refractivity (Wildman–Crippen MR) is 173 cm³/mol. The lowest BCUT2D eigenvalue weighted by molar-refractivity contribution is -0.116. The van der Waals surface area contributed by atoms with Crippen molar-refractivity contribution in [2.45, 2.75) is 77.6 Å². The van der Waals surface area contributed by atoms with Gasteiger partial charge >= 0.3 is 0 Å². The van der Waals surface area contributed by atoms with E-state index in [1.807, 2.05) is 36.4 Å². The Morgan fingerprint density at radius 1 is 0.786 bits per heavy atom. The van der Waals surface area contributed by atoms with Crippen molar-refractivity contribution in [3.8, 4) is 5.75 Å². The van der Waals surface area contributed by atoms with Crippen molar-refractivity contribution >= 4 is 28.9 Å². The average molecular weight is 581 g/mol. The van der Waals surface area contributed by atoms with Gasteiger partial charge in [-0.05, 0) is 43.2 Å². The van der Waals surface area contributed by atoms with E-state index in [1.54, 1.807) is 14.2 Å². The molecule has 1 heterocycles. The Kier molecular flexibility index (Phi) is 15.1. The maximum absolute atomic E-state index is 13.3. The standard InChI is InChI=1S/C34H52N4O4/c1-4-5-6-7-8-9-10-11-12-18-33(39)36-28-19-20-30(29(27-28)34(40)35-21-15-26-41-2)37-22-24-38(25-23-37)31-16-13-14-17-32(31)42-3/h13-14,16-17,19-20,27H,4-12,15,18,21-26H2,1-3H3,(H,35,40)(H,36,39). The van der Waals surface area contributed by atoms with E-state index in [-0.39, 0.29) is 11.8 Å². The molecule has 0 unspecified atom stereocenters. The van der Waals surface area contributed by atoms with Crippen LogP contribution in [0.4, 0.5) is 17.1 Å². The molecule has 2 N–H and O–H groups in total. The van der Waals surface area contributed by atoms with Crippen molar-refractivity contribution in [1.82, 2.24) is 5.32 Å². The van der Waals surface area contributed by atoms with Crippen molar-refractivity contribution in [3.05, 3.63) is 48.0 Å². The number of hydrogen-bond donors (Lipinski definition) is 2. The van der Waals surface area contributed by atoms with Crippen LogP contribution in [0, 0.1) is 0 Å². The number of para-hydroxylation sites is 2. The number of ether oxygens (including phenoxy) is 2. The molecule has 0 aromatic heterocycles. The second kappa shape index (κ2) is 19.0. The summed E-state index contributed by atoms with van der Waals surface area (Å²) in [6.45, 7) is 6.53. The van der Waals surface area contributed by atoms with Crippen LogP contribution in [0.1, 0.15) is 87.9 Å². The van der Waals surface area contributed by atoms with Crippen LogP contribution in [0.2, 0.25) is 0 Å². The van der Waals surface area contributed by atoms with Crippen molar-refractivity contribution in [2.75, 3.05) is 68.7 Å². The van der Waals surface area contributed by atoms with E-state index in [1.165, 1.54) is 44.9 Å². The van der Waals surface area contributed by atoms with Gasteiger partial charge < -0.3 is 29.9 Å². The van der Waals surface area contributed by atoms with Gasteiger partial charge in [0.05, 0.1) is 18.4 Å². The number of hydrogen-bond acceptors (Lipinski definition) is 6. The molecule has 8 nitrogen and oxygen atoms in total. The minimum Gasteiger partial charge on any atom is -0.495 e. The Bertz CT molecular complexity index is 1080. The number of carbonyl (C=O) groups is 2. The molecule has 232 valence electrons. The van der Waals surface area contributed by atoms with E-state index in [9.17, 15) is 9.59 Å². The van der Waals surface area contributed by atoms with Crippen LogP contribution in [-0.4, -0.2) is 65.4 Å². The topological polar surface area (TPSA) is 83.1 Å². The van der Waals surface area contributed by atoms with Gasteiger partial charge in [-0.3, -0.25) is 9.59 Å². The molecule has 1 fully saturated rings. The van der Waals surface area contributed by atoms with Crippen LogP contribution in [0.15, 0.2) is 42.5 Å². The van der Waals surface area contributed by atoms with E-state index in [0.29, 0.717) is 30.8 Å². The molecular weight excluding hydrogens is 528 g/mol.